The Morgan fingerprint density at radius 1 is 1.33 bits per heavy atom. The molecule has 0 amide bonds. The second-order valence-corrected chi connectivity index (χ2v) is 6.79. The van der Waals surface area contributed by atoms with Gasteiger partial charge >= 0.3 is 0 Å². The number of nitrogens with zero attached hydrogens (tertiary/aromatic N) is 3. The molecule has 1 aromatic carbocycles. The molecule has 1 aliphatic heterocycles. The van der Waals surface area contributed by atoms with E-state index < -0.39 is 6.10 Å². The van der Waals surface area contributed by atoms with Crippen molar-refractivity contribution >= 4 is 11.3 Å². The quantitative estimate of drug-likeness (QED) is 0.773. The standard InChI is InChI=1S/C18H19N3O2S/c22-16(13-5-2-1-3-6-13)17-19-8-9-21(17)11-14-12-24-18(20-14)15-7-4-10-23-15/h1-3,5-6,8-9,12,15-16,22H,4,7,10-11H2/t15-,16+/m1/s1. The minimum absolute atomic E-state index is 0.154. The monoisotopic (exact) mass is 341 g/mol. The summed E-state index contributed by atoms with van der Waals surface area (Å²) in [7, 11) is 0. The van der Waals surface area contributed by atoms with Crippen molar-refractivity contribution in [3.8, 4) is 0 Å². The van der Waals surface area contributed by atoms with Crippen LogP contribution in [0.25, 0.3) is 0 Å². The van der Waals surface area contributed by atoms with Gasteiger partial charge in [0.15, 0.2) is 0 Å². The molecule has 0 saturated carbocycles. The summed E-state index contributed by atoms with van der Waals surface area (Å²) in [6, 6.07) is 9.58. The van der Waals surface area contributed by atoms with E-state index in [4.69, 9.17) is 9.72 Å². The highest BCUT2D eigenvalue weighted by atomic mass is 32.1. The summed E-state index contributed by atoms with van der Waals surface area (Å²) in [6.07, 6.45) is 5.17. The Balaban J connectivity index is 1.53. The third-order valence-electron chi connectivity index (χ3n) is 4.21. The summed E-state index contributed by atoms with van der Waals surface area (Å²) in [5.41, 5.74) is 1.81. The molecule has 2 aromatic heterocycles. The Morgan fingerprint density at radius 2 is 2.21 bits per heavy atom. The van der Waals surface area contributed by atoms with E-state index in [1.54, 1.807) is 17.5 Å². The zero-order valence-corrected chi connectivity index (χ0v) is 14.0. The van der Waals surface area contributed by atoms with Crippen LogP contribution in [0.15, 0.2) is 48.1 Å². The molecule has 1 N–H and O–H groups in total. The molecule has 4 rings (SSSR count). The van der Waals surface area contributed by atoms with Gasteiger partial charge in [0, 0.05) is 24.4 Å². The Hall–Kier alpha value is -2.02. The fourth-order valence-corrected chi connectivity index (χ4v) is 3.87. The summed E-state index contributed by atoms with van der Waals surface area (Å²) >= 11 is 1.65. The lowest BCUT2D eigenvalue weighted by atomic mass is 10.1. The molecule has 1 fully saturated rings. The largest absolute Gasteiger partial charge is 0.380 e. The summed E-state index contributed by atoms with van der Waals surface area (Å²) in [6.45, 7) is 1.43. The van der Waals surface area contributed by atoms with Crippen LogP contribution in [-0.2, 0) is 11.3 Å². The summed E-state index contributed by atoms with van der Waals surface area (Å²) in [5.74, 6) is 0.632. The van der Waals surface area contributed by atoms with Crippen molar-refractivity contribution in [2.45, 2.75) is 31.6 Å². The van der Waals surface area contributed by atoms with Gasteiger partial charge in [-0.1, -0.05) is 30.3 Å². The third kappa shape index (κ3) is 3.13. The number of aliphatic hydroxyl groups is 1. The lowest BCUT2D eigenvalue weighted by Gasteiger charge is -2.13. The van der Waals surface area contributed by atoms with Gasteiger partial charge in [-0.2, -0.15) is 0 Å². The van der Waals surface area contributed by atoms with E-state index in [1.165, 1.54) is 0 Å². The zero-order chi connectivity index (χ0) is 16.4. The second-order valence-electron chi connectivity index (χ2n) is 5.91. The number of imidazole rings is 1. The van der Waals surface area contributed by atoms with Crippen LogP contribution in [0.3, 0.4) is 0 Å². The average Bonchev–Trinajstić information content (AvgIpc) is 3.37. The van der Waals surface area contributed by atoms with Crippen LogP contribution in [0.4, 0.5) is 0 Å². The van der Waals surface area contributed by atoms with Crippen molar-refractivity contribution in [3.63, 3.8) is 0 Å². The first-order valence-electron chi connectivity index (χ1n) is 8.11. The van der Waals surface area contributed by atoms with Gasteiger partial charge in [0.25, 0.3) is 0 Å². The molecular weight excluding hydrogens is 322 g/mol. The van der Waals surface area contributed by atoms with Crippen molar-refractivity contribution < 1.29 is 9.84 Å². The lowest BCUT2D eigenvalue weighted by molar-refractivity contribution is 0.111. The van der Waals surface area contributed by atoms with E-state index in [2.05, 4.69) is 10.4 Å². The molecule has 3 aromatic rings. The third-order valence-corrected chi connectivity index (χ3v) is 5.20. The number of aliphatic hydroxyl groups excluding tert-OH is 1. The highest BCUT2D eigenvalue weighted by Gasteiger charge is 2.21. The second kappa shape index (κ2) is 6.84. The maximum Gasteiger partial charge on any atom is 0.142 e. The Morgan fingerprint density at radius 3 is 3.00 bits per heavy atom. The number of aromatic nitrogens is 3. The number of ether oxygens (including phenoxy) is 1. The van der Waals surface area contributed by atoms with Gasteiger partial charge in [0.2, 0.25) is 0 Å². The number of rotatable bonds is 5. The predicted octanol–water partition coefficient (Wildman–Crippen LogP) is 3.32. The minimum atomic E-state index is -0.738. The molecule has 0 spiro atoms. The van der Waals surface area contributed by atoms with Gasteiger partial charge in [-0.3, -0.25) is 0 Å². The van der Waals surface area contributed by atoms with Gasteiger partial charge in [0.1, 0.15) is 23.0 Å². The fourth-order valence-electron chi connectivity index (χ4n) is 2.98. The van der Waals surface area contributed by atoms with Gasteiger partial charge in [-0.15, -0.1) is 11.3 Å². The maximum atomic E-state index is 10.6. The van der Waals surface area contributed by atoms with Crippen LogP contribution in [0.1, 0.15) is 47.1 Å². The van der Waals surface area contributed by atoms with Crippen LogP contribution in [0, 0.1) is 0 Å². The van der Waals surface area contributed by atoms with Crippen LogP contribution in [0.2, 0.25) is 0 Å². The molecule has 2 atom stereocenters. The number of hydrogen-bond acceptors (Lipinski definition) is 5. The molecule has 1 aliphatic rings. The lowest BCUT2D eigenvalue weighted by Crippen LogP contribution is -2.11. The van der Waals surface area contributed by atoms with Crippen LogP contribution < -0.4 is 0 Å². The molecule has 0 unspecified atom stereocenters. The molecule has 3 heterocycles. The van der Waals surface area contributed by atoms with Gasteiger partial charge < -0.3 is 14.4 Å². The Kier molecular flexibility index (Phi) is 4.42. The zero-order valence-electron chi connectivity index (χ0n) is 13.2. The summed E-state index contributed by atoms with van der Waals surface area (Å²) < 4.78 is 7.65. The highest BCUT2D eigenvalue weighted by molar-refractivity contribution is 7.09. The van der Waals surface area contributed by atoms with Crippen molar-refractivity contribution in [2.24, 2.45) is 0 Å². The van der Waals surface area contributed by atoms with E-state index in [1.807, 2.05) is 41.1 Å². The molecule has 6 heteroatoms. The number of thiazole rings is 1. The topological polar surface area (TPSA) is 60.2 Å². The van der Waals surface area contributed by atoms with E-state index >= 15 is 0 Å². The van der Waals surface area contributed by atoms with Crippen molar-refractivity contribution in [3.05, 3.63) is 70.2 Å². The van der Waals surface area contributed by atoms with Gasteiger partial charge in [-0.05, 0) is 18.4 Å². The Labute approximate surface area is 144 Å². The van der Waals surface area contributed by atoms with Crippen molar-refractivity contribution in [1.29, 1.82) is 0 Å². The summed E-state index contributed by atoms with van der Waals surface area (Å²) in [4.78, 5) is 9.04. The van der Waals surface area contributed by atoms with Crippen LogP contribution in [0.5, 0.6) is 0 Å². The normalized spacial score (nSPS) is 18.8. The molecular formula is C18H19N3O2S. The average molecular weight is 341 g/mol. The van der Waals surface area contributed by atoms with Gasteiger partial charge in [0.05, 0.1) is 12.2 Å². The predicted molar refractivity (Wildman–Crippen MR) is 91.9 cm³/mol. The molecule has 0 radical (unpaired) electrons. The molecule has 24 heavy (non-hydrogen) atoms. The number of hydrogen-bond donors (Lipinski definition) is 1. The van der Waals surface area contributed by atoms with E-state index in [0.717, 1.165) is 35.7 Å². The van der Waals surface area contributed by atoms with Gasteiger partial charge in [-0.25, -0.2) is 9.97 Å². The van der Waals surface area contributed by atoms with Crippen molar-refractivity contribution in [1.82, 2.24) is 14.5 Å². The SMILES string of the molecule is O[C@@H](c1ccccc1)c1nccn1Cc1csc([C@H]2CCCO2)n1. The number of benzene rings is 1. The van der Waals surface area contributed by atoms with Crippen molar-refractivity contribution in [2.75, 3.05) is 6.61 Å². The van der Waals surface area contributed by atoms with Crippen LogP contribution >= 0.6 is 11.3 Å². The van der Waals surface area contributed by atoms with E-state index in [-0.39, 0.29) is 6.10 Å². The summed E-state index contributed by atoms with van der Waals surface area (Å²) in [5, 5.41) is 13.7. The maximum absolute atomic E-state index is 10.6. The highest BCUT2D eigenvalue weighted by Crippen LogP contribution is 2.31. The fraction of sp³-hybridized carbons (Fsp3) is 0.333. The van der Waals surface area contributed by atoms with Crippen LogP contribution in [-0.4, -0.2) is 26.2 Å². The molecule has 0 aliphatic carbocycles. The Bertz CT molecular complexity index is 793. The first-order chi connectivity index (χ1) is 11.8. The first kappa shape index (κ1) is 15.5. The van der Waals surface area contributed by atoms with E-state index in [9.17, 15) is 5.11 Å². The smallest absolute Gasteiger partial charge is 0.142 e. The van der Waals surface area contributed by atoms with E-state index in [0.29, 0.717) is 12.4 Å². The minimum Gasteiger partial charge on any atom is -0.380 e. The molecule has 5 nitrogen and oxygen atoms in total. The molecule has 124 valence electrons. The molecule has 0 bridgehead atoms. The molecule has 1 saturated heterocycles. The first-order valence-corrected chi connectivity index (χ1v) is 8.99.